The van der Waals surface area contributed by atoms with Crippen LogP contribution in [0, 0.1) is 5.82 Å². The van der Waals surface area contributed by atoms with Gasteiger partial charge in [-0.3, -0.25) is 0 Å². The lowest BCUT2D eigenvalue weighted by molar-refractivity contribution is 0.0622. The van der Waals surface area contributed by atoms with E-state index < -0.39 is 22.9 Å². The van der Waals surface area contributed by atoms with E-state index in [0.717, 1.165) is 13.0 Å². The minimum Gasteiger partial charge on any atom is -0.317 e. The van der Waals surface area contributed by atoms with Crippen LogP contribution in [0.3, 0.4) is 0 Å². The molecule has 0 aliphatic heterocycles. The van der Waals surface area contributed by atoms with Gasteiger partial charge in [-0.1, -0.05) is 23.2 Å². The third-order valence-corrected chi connectivity index (χ3v) is 2.47. The van der Waals surface area contributed by atoms with Gasteiger partial charge in [0.05, 0.1) is 0 Å². The highest BCUT2D eigenvalue weighted by atomic mass is 35.5. The maximum Gasteiger partial charge on any atom is 0.260 e. The number of nitrogens with zero attached hydrogens (tertiary/aromatic N) is 1. The molecule has 1 aromatic rings. The molecule has 0 saturated carbocycles. The van der Waals surface area contributed by atoms with Gasteiger partial charge in [0.25, 0.3) is 6.43 Å². The van der Waals surface area contributed by atoms with Gasteiger partial charge in [-0.25, -0.2) is 18.2 Å². The van der Waals surface area contributed by atoms with Crippen LogP contribution in [0.1, 0.15) is 12.5 Å². The van der Waals surface area contributed by atoms with Crippen LogP contribution in [0.2, 0.25) is 10.3 Å². The van der Waals surface area contributed by atoms with Gasteiger partial charge in [0, 0.05) is 5.56 Å². The highest BCUT2D eigenvalue weighted by molar-refractivity contribution is 6.33. The van der Waals surface area contributed by atoms with Gasteiger partial charge in [-0.05, 0) is 13.0 Å². The van der Waals surface area contributed by atoms with E-state index in [1.165, 1.54) is 0 Å². The number of alkyl halides is 2. The van der Waals surface area contributed by atoms with Crippen molar-refractivity contribution in [3.05, 3.63) is 27.8 Å². The zero-order valence-corrected chi connectivity index (χ0v) is 9.08. The first-order valence-electron chi connectivity index (χ1n) is 3.86. The molecule has 0 aliphatic carbocycles. The summed E-state index contributed by atoms with van der Waals surface area (Å²) in [7, 11) is 0. The third-order valence-electron chi connectivity index (χ3n) is 1.92. The average Bonchev–Trinajstić information content (AvgIpc) is 2.10. The van der Waals surface area contributed by atoms with Crippen molar-refractivity contribution in [1.29, 1.82) is 0 Å². The van der Waals surface area contributed by atoms with Crippen LogP contribution < -0.4 is 5.73 Å². The molecule has 2 nitrogen and oxygen atoms in total. The zero-order valence-electron chi connectivity index (χ0n) is 7.57. The Hall–Kier alpha value is -0.520. The molecule has 1 heterocycles. The summed E-state index contributed by atoms with van der Waals surface area (Å²) in [6.07, 6.45) is -2.89. The Labute approximate surface area is 94.2 Å². The molecule has 0 amide bonds. The zero-order chi connectivity index (χ0) is 11.8. The molecule has 1 aromatic heterocycles. The SMILES string of the molecule is CC(N)(c1cc(F)c(Cl)nc1Cl)C(F)F. The number of rotatable bonds is 2. The molecule has 15 heavy (non-hydrogen) atoms. The Morgan fingerprint density at radius 1 is 1.40 bits per heavy atom. The Balaban J connectivity index is 3.32. The number of hydrogen-bond donors (Lipinski definition) is 1. The van der Waals surface area contributed by atoms with E-state index in [2.05, 4.69) is 4.98 Å². The fraction of sp³-hybridized carbons (Fsp3) is 0.375. The molecule has 0 saturated heterocycles. The molecule has 0 aromatic carbocycles. The van der Waals surface area contributed by atoms with Crippen LogP contribution in [-0.2, 0) is 5.54 Å². The monoisotopic (exact) mass is 258 g/mol. The molecule has 1 rings (SSSR count). The van der Waals surface area contributed by atoms with Gasteiger partial charge in [0.2, 0.25) is 0 Å². The van der Waals surface area contributed by atoms with Crippen LogP contribution in [-0.4, -0.2) is 11.4 Å². The van der Waals surface area contributed by atoms with E-state index in [9.17, 15) is 13.2 Å². The van der Waals surface area contributed by atoms with Gasteiger partial charge >= 0.3 is 0 Å². The molecule has 2 N–H and O–H groups in total. The van der Waals surface area contributed by atoms with E-state index in [-0.39, 0.29) is 10.7 Å². The smallest absolute Gasteiger partial charge is 0.260 e. The number of hydrogen-bond acceptors (Lipinski definition) is 2. The Morgan fingerprint density at radius 3 is 2.40 bits per heavy atom. The predicted octanol–water partition coefficient (Wildman–Crippen LogP) is 2.97. The summed E-state index contributed by atoms with van der Waals surface area (Å²) in [6, 6.07) is 0.768. The molecular weight excluding hydrogens is 252 g/mol. The number of pyridine rings is 1. The van der Waals surface area contributed by atoms with Crippen molar-refractivity contribution in [3.8, 4) is 0 Å². The average molecular weight is 259 g/mol. The molecule has 0 spiro atoms. The summed E-state index contributed by atoms with van der Waals surface area (Å²) < 4.78 is 38.1. The molecule has 0 bridgehead atoms. The fourth-order valence-electron chi connectivity index (χ4n) is 0.941. The molecule has 7 heteroatoms. The summed E-state index contributed by atoms with van der Waals surface area (Å²) >= 11 is 10.9. The molecule has 0 fully saturated rings. The fourth-order valence-corrected chi connectivity index (χ4v) is 1.47. The van der Waals surface area contributed by atoms with Crippen LogP contribution in [0.15, 0.2) is 6.07 Å². The van der Waals surface area contributed by atoms with Crippen molar-refractivity contribution in [2.45, 2.75) is 18.9 Å². The molecular formula is C8H7Cl2F3N2. The van der Waals surface area contributed by atoms with E-state index in [1.54, 1.807) is 0 Å². The van der Waals surface area contributed by atoms with Gasteiger partial charge < -0.3 is 5.73 Å². The van der Waals surface area contributed by atoms with Crippen molar-refractivity contribution in [1.82, 2.24) is 4.98 Å². The first-order chi connectivity index (χ1) is 6.76. The van der Waals surface area contributed by atoms with Crippen LogP contribution >= 0.6 is 23.2 Å². The van der Waals surface area contributed by atoms with Crippen molar-refractivity contribution < 1.29 is 13.2 Å². The standard InChI is InChI=1S/C8H7Cl2F3N2/c1-8(14,7(12)13)3-2-4(11)6(10)15-5(3)9/h2,7H,14H2,1H3. The molecule has 1 unspecified atom stereocenters. The Morgan fingerprint density at radius 2 is 1.93 bits per heavy atom. The first-order valence-corrected chi connectivity index (χ1v) is 4.61. The number of nitrogens with two attached hydrogens (primary N) is 1. The normalized spacial score (nSPS) is 15.5. The first kappa shape index (κ1) is 12.5. The highest BCUT2D eigenvalue weighted by Crippen LogP contribution is 2.31. The Kier molecular flexibility index (Phi) is 3.48. The Bertz CT molecular complexity index is 382. The summed E-state index contributed by atoms with van der Waals surface area (Å²) in [4.78, 5) is 3.36. The summed E-state index contributed by atoms with van der Waals surface area (Å²) in [6.45, 7) is 1.04. The summed E-state index contributed by atoms with van der Waals surface area (Å²) in [5, 5.41) is -0.805. The van der Waals surface area contributed by atoms with Crippen molar-refractivity contribution >= 4 is 23.2 Å². The van der Waals surface area contributed by atoms with Crippen molar-refractivity contribution in [3.63, 3.8) is 0 Å². The van der Waals surface area contributed by atoms with Crippen molar-refractivity contribution in [2.24, 2.45) is 5.73 Å². The minimum absolute atomic E-state index is 0.277. The summed E-state index contributed by atoms with van der Waals surface area (Å²) in [5.41, 5.74) is 2.98. The quantitative estimate of drug-likeness (QED) is 0.829. The second kappa shape index (κ2) is 4.15. The van der Waals surface area contributed by atoms with Gasteiger partial charge in [-0.2, -0.15) is 0 Å². The molecule has 1 atom stereocenters. The van der Waals surface area contributed by atoms with E-state index in [0.29, 0.717) is 0 Å². The maximum atomic E-state index is 13.0. The number of halogens is 5. The van der Waals surface area contributed by atoms with Crippen molar-refractivity contribution in [2.75, 3.05) is 0 Å². The highest BCUT2D eigenvalue weighted by Gasteiger charge is 2.35. The van der Waals surface area contributed by atoms with Crippen LogP contribution in [0.4, 0.5) is 13.2 Å². The molecule has 84 valence electrons. The van der Waals surface area contributed by atoms with Gasteiger partial charge in [0.15, 0.2) is 11.0 Å². The van der Waals surface area contributed by atoms with E-state index in [1.807, 2.05) is 0 Å². The maximum absolute atomic E-state index is 13.0. The second-order valence-corrected chi connectivity index (χ2v) is 3.90. The minimum atomic E-state index is -2.89. The second-order valence-electron chi connectivity index (χ2n) is 3.18. The van der Waals surface area contributed by atoms with Crippen LogP contribution in [0.5, 0.6) is 0 Å². The van der Waals surface area contributed by atoms with Gasteiger partial charge in [0.1, 0.15) is 10.7 Å². The molecule has 0 aliphatic rings. The van der Waals surface area contributed by atoms with Gasteiger partial charge in [-0.15, -0.1) is 0 Å². The lowest BCUT2D eigenvalue weighted by Gasteiger charge is -2.24. The largest absolute Gasteiger partial charge is 0.317 e. The molecule has 0 radical (unpaired) electrons. The number of aromatic nitrogens is 1. The summed E-state index contributed by atoms with van der Waals surface area (Å²) in [5.74, 6) is -0.937. The lowest BCUT2D eigenvalue weighted by Crippen LogP contribution is -2.41. The van der Waals surface area contributed by atoms with E-state index in [4.69, 9.17) is 28.9 Å². The van der Waals surface area contributed by atoms with Crippen LogP contribution in [0.25, 0.3) is 0 Å². The topological polar surface area (TPSA) is 38.9 Å². The third kappa shape index (κ3) is 2.35. The lowest BCUT2D eigenvalue weighted by atomic mass is 9.95. The predicted molar refractivity (Wildman–Crippen MR) is 51.8 cm³/mol. The van der Waals surface area contributed by atoms with E-state index >= 15 is 0 Å².